The summed E-state index contributed by atoms with van der Waals surface area (Å²) < 4.78 is 15.4. The number of fused-ring (bicyclic) bond motifs is 1. The van der Waals surface area contributed by atoms with Gasteiger partial charge in [-0.2, -0.15) is 0 Å². The number of amides is 3. The van der Waals surface area contributed by atoms with Crippen LogP contribution in [0.4, 0.5) is 9.18 Å². The van der Waals surface area contributed by atoms with E-state index in [0.717, 1.165) is 18.2 Å². The predicted molar refractivity (Wildman–Crippen MR) is 123 cm³/mol. The van der Waals surface area contributed by atoms with Gasteiger partial charge in [0.15, 0.2) is 0 Å². The Morgan fingerprint density at radius 1 is 1.12 bits per heavy atom. The number of nitrogens with zero attached hydrogens (tertiary/aromatic N) is 1. The summed E-state index contributed by atoms with van der Waals surface area (Å²) in [5.41, 5.74) is 6.96. The quantitative estimate of drug-likeness (QED) is 0.469. The van der Waals surface area contributed by atoms with Crippen molar-refractivity contribution in [3.63, 3.8) is 0 Å². The van der Waals surface area contributed by atoms with Crippen molar-refractivity contribution in [3.05, 3.63) is 70.6 Å². The van der Waals surface area contributed by atoms with Gasteiger partial charge in [-0.05, 0) is 30.0 Å². The molecule has 1 fully saturated rings. The van der Waals surface area contributed by atoms with E-state index in [1.54, 1.807) is 30.5 Å². The van der Waals surface area contributed by atoms with Crippen LogP contribution in [0.2, 0.25) is 5.02 Å². The Labute approximate surface area is 195 Å². The maximum Gasteiger partial charge on any atom is 0.323 e. The Kier molecular flexibility index (Phi) is 6.65. The van der Waals surface area contributed by atoms with Gasteiger partial charge in [-0.25, -0.2) is 9.18 Å². The lowest BCUT2D eigenvalue weighted by molar-refractivity contribution is -0.129. The van der Waals surface area contributed by atoms with Crippen molar-refractivity contribution < 1.29 is 18.8 Å². The van der Waals surface area contributed by atoms with Crippen LogP contribution >= 0.6 is 11.6 Å². The minimum Gasteiger partial charge on any atom is -0.351 e. The molecule has 1 aliphatic rings. The molecule has 0 radical (unpaired) electrons. The van der Waals surface area contributed by atoms with Gasteiger partial charge in [0.25, 0.3) is 0 Å². The predicted octanol–water partition coefficient (Wildman–Crippen LogP) is 3.50. The zero-order valence-electron chi connectivity index (χ0n) is 17.8. The summed E-state index contributed by atoms with van der Waals surface area (Å²) in [4.78, 5) is 37.4. The fourth-order valence-electron chi connectivity index (χ4n) is 3.90. The molecule has 172 valence electrons. The van der Waals surface area contributed by atoms with Crippen LogP contribution in [0.15, 0.2) is 48.7 Å². The van der Waals surface area contributed by atoms with Gasteiger partial charge in [0.2, 0.25) is 11.8 Å². The number of rotatable bonds is 8. The molecule has 1 atom stereocenters. The summed E-state index contributed by atoms with van der Waals surface area (Å²) >= 11 is 5.80. The van der Waals surface area contributed by atoms with Crippen molar-refractivity contribution in [1.29, 1.82) is 0 Å². The molecule has 33 heavy (non-hydrogen) atoms. The maximum atomic E-state index is 14.1. The fourth-order valence-corrected chi connectivity index (χ4v) is 4.09. The number of aromatic nitrogens is 1. The number of hydrogen-bond acceptors (Lipinski definition) is 3. The van der Waals surface area contributed by atoms with Crippen LogP contribution < -0.4 is 16.4 Å². The number of para-hydroxylation sites is 1. The SMILES string of the molecule is NC(=O)n1cc(CC(=O)N[C@@H](CC2CC2)C(=O)NCc2cccc(Cl)c2F)c2ccccc21. The molecule has 0 bridgehead atoms. The Morgan fingerprint density at radius 3 is 2.61 bits per heavy atom. The van der Waals surface area contributed by atoms with Gasteiger partial charge >= 0.3 is 6.03 Å². The first kappa shape index (κ1) is 22.8. The highest BCUT2D eigenvalue weighted by Gasteiger charge is 2.30. The van der Waals surface area contributed by atoms with Gasteiger partial charge in [-0.3, -0.25) is 14.2 Å². The number of primary amides is 1. The Bertz CT molecular complexity index is 1220. The second kappa shape index (κ2) is 9.62. The third-order valence-corrected chi connectivity index (χ3v) is 6.08. The molecule has 0 saturated heterocycles. The molecule has 4 rings (SSSR count). The van der Waals surface area contributed by atoms with Crippen molar-refractivity contribution in [2.24, 2.45) is 11.7 Å². The van der Waals surface area contributed by atoms with E-state index in [1.807, 2.05) is 12.1 Å². The molecule has 9 heteroatoms. The van der Waals surface area contributed by atoms with E-state index in [-0.39, 0.29) is 35.4 Å². The van der Waals surface area contributed by atoms with Crippen molar-refractivity contribution in [2.75, 3.05) is 0 Å². The third-order valence-electron chi connectivity index (χ3n) is 5.79. The van der Waals surface area contributed by atoms with Gasteiger partial charge in [-0.15, -0.1) is 0 Å². The molecule has 0 unspecified atom stereocenters. The molecule has 1 aromatic heterocycles. The van der Waals surface area contributed by atoms with Crippen molar-refractivity contribution >= 4 is 40.3 Å². The van der Waals surface area contributed by atoms with E-state index in [0.29, 0.717) is 23.4 Å². The van der Waals surface area contributed by atoms with Gasteiger partial charge < -0.3 is 16.4 Å². The average Bonchev–Trinajstić information content (AvgIpc) is 3.53. The van der Waals surface area contributed by atoms with Crippen LogP contribution in [0.1, 0.15) is 30.4 Å². The Hall–Kier alpha value is -3.39. The van der Waals surface area contributed by atoms with Crippen LogP contribution in [0.5, 0.6) is 0 Å². The summed E-state index contributed by atoms with van der Waals surface area (Å²) in [6.45, 7) is -0.0334. The fraction of sp³-hybridized carbons (Fsp3) is 0.292. The van der Waals surface area contributed by atoms with E-state index in [1.165, 1.54) is 10.6 Å². The summed E-state index contributed by atoms with van der Waals surface area (Å²) in [7, 11) is 0. The lowest BCUT2D eigenvalue weighted by Crippen LogP contribution is -2.47. The molecule has 3 amide bonds. The molecule has 4 N–H and O–H groups in total. The number of benzene rings is 2. The standard InChI is InChI=1S/C24H24ClFN4O3/c25-18-6-3-4-15(22(18)26)12-28-23(32)19(10-14-8-9-14)29-21(31)11-16-13-30(24(27)33)20-7-2-1-5-17(16)20/h1-7,13-14,19H,8-12H2,(H2,27,33)(H,28,32)(H,29,31)/t19-/m0/s1. The first-order chi connectivity index (χ1) is 15.8. The number of carbonyl (C=O) groups excluding carboxylic acids is 3. The van der Waals surface area contributed by atoms with Gasteiger partial charge in [-0.1, -0.05) is 54.8 Å². The molecule has 1 saturated carbocycles. The van der Waals surface area contributed by atoms with E-state index in [9.17, 15) is 18.8 Å². The monoisotopic (exact) mass is 470 g/mol. The minimum absolute atomic E-state index is 0.0142. The molecule has 1 aliphatic carbocycles. The maximum absolute atomic E-state index is 14.1. The molecule has 7 nitrogen and oxygen atoms in total. The highest BCUT2D eigenvalue weighted by Crippen LogP contribution is 2.33. The van der Waals surface area contributed by atoms with Crippen LogP contribution in [0.25, 0.3) is 10.9 Å². The largest absolute Gasteiger partial charge is 0.351 e. The topological polar surface area (TPSA) is 106 Å². The first-order valence-corrected chi connectivity index (χ1v) is 11.1. The van der Waals surface area contributed by atoms with Crippen molar-refractivity contribution in [1.82, 2.24) is 15.2 Å². The normalized spacial score (nSPS) is 14.1. The van der Waals surface area contributed by atoms with Crippen LogP contribution in [0.3, 0.4) is 0 Å². The molecular formula is C24H24ClFN4O3. The molecular weight excluding hydrogens is 447 g/mol. The summed E-state index contributed by atoms with van der Waals surface area (Å²) in [5, 5.41) is 6.23. The van der Waals surface area contributed by atoms with Crippen molar-refractivity contribution in [2.45, 2.75) is 38.3 Å². The first-order valence-electron chi connectivity index (χ1n) is 10.7. The highest BCUT2D eigenvalue weighted by atomic mass is 35.5. The van der Waals surface area contributed by atoms with Crippen LogP contribution in [0, 0.1) is 11.7 Å². The Balaban J connectivity index is 1.44. The van der Waals surface area contributed by atoms with E-state index < -0.39 is 17.9 Å². The van der Waals surface area contributed by atoms with E-state index in [2.05, 4.69) is 10.6 Å². The van der Waals surface area contributed by atoms with Crippen LogP contribution in [-0.2, 0) is 22.6 Å². The number of hydrogen-bond donors (Lipinski definition) is 3. The highest BCUT2D eigenvalue weighted by molar-refractivity contribution is 6.30. The molecule has 0 spiro atoms. The Morgan fingerprint density at radius 2 is 1.88 bits per heavy atom. The van der Waals surface area contributed by atoms with Crippen molar-refractivity contribution in [3.8, 4) is 0 Å². The zero-order chi connectivity index (χ0) is 23.5. The molecule has 1 heterocycles. The lowest BCUT2D eigenvalue weighted by Gasteiger charge is -2.18. The number of carbonyl (C=O) groups is 3. The number of nitrogens with one attached hydrogen (secondary N) is 2. The van der Waals surface area contributed by atoms with Gasteiger partial charge in [0, 0.05) is 23.7 Å². The van der Waals surface area contributed by atoms with Crippen LogP contribution in [-0.4, -0.2) is 28.5 Å². The van der Waals surface area contributed by atoms with E-state index >= 15 is 0 Å². The third kappa shape index (κ3) is 5.34. The molecule has 3 aromatic rings. The summed E-state index contributed by atoms with van der Waals surface area (Å²) in [6.07, 6.45) is 4.06. The second-order valence-corrected chi connectivity index (χ2v) is 8.69. The summed E-state index contributed by atoms with van der Waals surface area (Å²) in [5.74, 6) is -0.930. The smallest absolute Gasteiger partial charge is 0.323 e. The average molecular weight is 471 g/mol. The van der Waals surface area contributed by atoms with E-state index in [4.69, 9.17) is 17.3 Å². The lowest BCUT2D eigenvalue weighted by atomic mass is 10.1. The van der Waals surface area contributed by atoms with Gasteiger partial charge in [0.1, 0.15) is 11.9 Å². The zero-order valence-corrected chi connectivity index (χ0v) is 18.6. The summed E-state index contributed by atoms with van der Waals surface area (Å²) in [6, 6.07) is 10.4. The number of halogens is 2. The van der Waals surface area contributed by atoms with Gasteiger partial charge in [0.05, 0.1) is 17.0 Å². The minimum atomic E-state index is -0.739. The number of nitrogens with two attached hydrogens (primary N) is 1. The molecule has 0 aliphatic heterocycles. The second-order valence-electron chi connectivity index (χ2n) is 8.29. The molecule has 2 aromatic carbocycles.